The van der Waals surface area contributed by atoms with Gasteiger partial charge in [-0.15, -0.1) is 0 Å². The van der Waals surface area contributed by atoms with Gasteiger partial charge in [-0.2, -0.15) is 0 Å². The molecule has 1 rings (SSSR count). The summed E-state index contributed by atoms with van der Waals surface area (Å²) in [5, 5.41) is 16.2. The molecule has 4 atom stereocenters. The molecular weight excluding hydrogens is 422 g/mol. The number of nitrogens with one attached hydrogen (secondary N) is 4. The van der Waals surface area contributed by atoms with Gasteiger partial charge in [0.05, 0.1) is 12.4 Å². The summed E-state index contributed by atoms with van der Waals surface area (Å²) in [6, 6.07) is -3.19. The molecule has 0 spiro atoms. The molecule has 0 aliphatic heterocycles. The topological polar surface area (TPSA) is 222 Å². The zero-order chi connectivity index (χ0) is 24.3. The molecule has 0 aromatic carbocycles. The van der Waals surface area contributed by atoms with Crippen molar-refractivity contribution < 1.29 is 29.1 Å². The van der Waals surface area contributed by atoms with Crippen LogP contribution in [-0.4, -0.2) is 69.3 Å². The maximum absolute atomic E-state index is 13.0. The van der Waals surface area contributed by atoms with Gasteiger partial charge in [-0.1, -0.05) is 20.3 Å². The lowest BCUT2D eigenvalue weighted by Gasteiger charge is -2.26. The van der Waals surface area contributed by atoms with E-state index in [0.717, 1.165) is 0 Å². The zero-order valence-electron chi connectivity index (χ0n) is 18.1. The minimum atomic E-state index is -1.22. The van der Waals surface area contributed by atoms with Crippen LogP contribution in [0.4, 0.5) is 0 Å². The van der Waals surface area contributed by atoms with Crippen LogP contribution in [-0.2, 0) is 30.4 Å². The van der Waals surface area contributed by atoms with E-state index in [1.54, 1.807) is 6.92 Å². The molecule has 178 valence electrons. The number of H-pyrrole nitrogens is 1. The summed E-state index contributed by atoms with van der Waals surface area (Å²) in [5.41, 5.74) is 11.4. The van der Waals surface area contributed by atoms with Gasteiger partial charge in [0.25, 0.3) is 0 Å². The van der Waals surface area contributed by atoms with Gasteiger partial charge in [0.2, 0.25) is 23.6 Å². The number of rotatable bonds is 14. The first-order chi connectivity index (χ1) is 15.0. The highest BCUT2D eigenvalue weighted by molar-refractivity contribution is 5.94. The lowest BCUT2D eigenvalue weighted by Crippen LogP contribution is -2.58. The fourth-order valence-corrected chi connectivity index (χ4v) is 2.76. The number of aromatic amines is 1. The number of aliphatic carboxylic acids is 1. The first kappa shape index (κ1) is 26.6. The maximum Gasteiger partial charge on any atom is 0.322 e. The largest absolute Gasteiger partial charge is 0.480 e. The third-order valence-electron chi connectivity index (χ3n) is 4.86. The Morgan fingerprint density at radius 1 is 1.16 bits per heavy atom. The summed E-state index contributed by atoms with van der Waals surface area (Å²) in [6.07, 6.45) is 3.36. The van der Waals surface area contributed by atoms with Gasteiger partial charge in [0.15, 0.2) is 0 Å². The summed E-state index contributed by atoms with van der Waals surface area (Å²) >= 11 is 0. The van der Waals surface area contributed by atoms with Crippen molar-refractivity contribution in [2.45, 2.75) is 57.7 Å². The van der Waals surface area contributed by atoms with Gasteiger partial charge in [0, 0.05) is 24.7 Å². The molecule has 13 nitrogen and oxygen atoms in total. The number of carboxylic acid groups (broad SMARTS) is 1. The number of aromatic nitrogens is 2. The monoisotopic (exact) mass is 453 g/mol. The summed E-state index contributed by atoms with van der Waals surface area (Å²) in [6.45, 7) is 2.95. The number of nitrogens with two attached hydrogens (primary N) is 2. The van der Waals surface area contributed by atoms with Crippen LogP contribution in [0.3, 0.4) is 0 Å². The first-order valence-electron chi connectivity index (χ1n) is 10.2. The zero-order valence-corrected chi connectivity index (χ0v) is 18.1. The van der Waals surface area contributed by atoms with Crippen LogP contribution < -0.4 is 27.4 Å². The summed E-state index contributed by atoms with van der Waals surface area (Å²) in [5.74, 6) is -4.12. The number of nitrogens with zero attached hydrogens (tertiary/aromatic N) is 1. The van der Waals surface area contributed by atoms with Crippen molar-refractivity contribution in [1.29, 1.82) is 0 Å². The Morgan fingerprint density at radius 3 is 2.38 bits per heavy atom. The molecule has 9 N–H and O–H groups in total. The first-order valence-corrected chi connectivity index (χ1v) is 10.2. The Hall–Kier alpha value is -3.48. The molecule has 13 heteroatoms. The lowest BCUT2D eigenvalue weighted by molar-refractivity contribution is -0.139. The standard InChI is InChI=1S/C19H31N7O6/c1-3-10(2)16(19(32)23-8-15(28)29)26-18(31)13(6-11-7-22-9-24-11)25-17(30)12(20)4-5-14(21)27/h7,9-10,12-13,16H,3-6,8,20H2,1-2H3,(H2,21,27)(H,22,24)(H,23,32)(H,25,30)(H,26,31)(H,28,29). The smallest absolute Gasteiger partial charge is 0.322 e. The van der Waals surface area contributed by atoms with Gasteiger partial charge >= 0.3 is 5.97 Å². The molecule has 32 heavy (non-hydrogen) atoms. The lowest BCUT2D eigenvalue weighted by atomic mass is 9.97. The van der Waals surface area contributed by atoms with Crippen LogP contribution in [0.1, 0.15) is 38.8 Å². The van der Waals surface area contributed by atoms with E-state index in [1.165, 1.54) is 12.5 Å². The van der Waals surface area contributed by atoms with Crippen LogP contribution in [0.2, 0.25) is 0 Å². The van der Waals surface area contributed by atoms with Crippen molar-refractivity contribution in [1.82, 2.24) is 25.9 Å². The number of carbonyl (C=O) groups is 5. The summed E-state index contributed by atoms with van der Waals surface area (Å²) in [7, 11) is 0. The number of carbonyl (C=O) groups excluding carboxylic acids is 4. The van der Waals surface area contributed by atoms with E-state index in [1.807, 2.05) is 6.92 Å². The predicted octanol–water partition coefficient (Wildman–Crippen LogP) is -2.24. The minimum Gasteiger partial charge on any atom is -0.480 e. The van der Waals surface area contributed by atoms with Crippen molar-refractivity contribution in [3.05, 3.63) is 18.2 Å². The van der Waals surface area contributed by atoms with Crippen LogP contribution in [0, 0.1) is 5.92 Å². The van der Waals surface area contributed by atoms with E-state index in [0.29, 0.717) is 12.1 Å². The minimum absolute atomic E-state index is 0.00660. The molecule has 0 radical (unpaired) electrons. The second-order valence-electron chi connectivity index (χ2n) is 7.44. The fourth-order valence-electron chi connectivity index (χ4n) is 2.76. The van der Waals surface area contributed by atoms with Crippen molar-refractivity contribution >= 4 is 29.6 Å². The predicted molar refractivity (Wildman–Crippen MR) is 113 cm³/mol. The van der Waals surface area contributed by atoms with Gasteiger partial charge in [-0.3, -0.25) is 24.0 Å². The van der Waals surface area contributed by atoms with Crippen molar-refractivity contribution in [3.63, 3.8) is 0 Å². The second-order valence-corrected chi connectivity index (χ2v) is 7.44. The number of hydrogen-bond donors (Lipinski definition) is 7. The fraction of sp³-hybridized carbons (Fsp3) is 0.579. The second kappa shape index (κ2) is 13.0. The number of amides is 4. The van der Waals surface area contributed by atoms with Crippen molar-refractivity contribution in [2.24, 2.45) is 17.4 Å². The van der Waals surface area contributed by atoms with Gasteiger partial charge in [-0.05, 0) is 12.3 Å². The average molecular weight is 454 g/mol. The molecule has 0 saturated carbocycles. The normalized spacial score (nSPS) is 14.5. The Balaban J connectivity index is 2.96. The Labute approximate surface area is 185 Å². The highest BCUT2D eigenvalue weighted by Crippen LogP contribution is 2.09. The molecule has 0 aliphatic rings. The van der Waals surface area contributed by atoms with Crippen LogP contribution in [0.15, 0.2) is 12.5 Å². The van der Waals surface area contributed by atoms with Crippen molar-refractivity contribution in [3.8, 4) is 0 Å². The molecule has 0 saturated heterocycles. The highest BCUT2D eigenvalue weighted by Gasteiger charge is 2.31. The Bertz CT molecular complexity index is 798. The molecular formula is C19H31N7O6. The van der Waals surface area contributed by atoms with Gasteiger partial charge in [-0.25, -0.2) is 4.98 Å². The molecule has 4 amide bonds. The number of carboxylic acids is 1. The SMILES string of the molecule is CCC(C)C(NC(=O)C(Cc1cnc[nH]1)NC(=O)C(N)CCC(N)=O)C(=O)NCC(=O)O. The van der Waals surface area contributed by atoms with Crippen molar-refractivity contribution in [2.75, 3.05) is 6.54 Å². The molecule has 1 heterocycles. The van der Waals surface area contributed by atoms with Gasteiger partial charge in [0.1, 0.15) is 18.6 Å². The Morgan fingerprint density at radius 2 is 1.84 bits per heavy atom. The number of primary amides is 1. The Kier molecular flexibility index (Phi) is 10.8. The summed E-state index contributed by atoms with van der Waals surface area (Å²) in [4.78, 5) is 66.3. The molecule has 1 aromatic heterocycles. The van der Waals surface area contributed by atoms with E-state index in [2.05, 4.69) is 25.9 Å². The van der Waals surface area contributed by atoms with E-state index >= 15 is 0 Å². The summed E-state index contributed by atoms with van der Waals surface area (Å²) < 4.78 is 0. The highest BCUT2D eigenvalue weighted by atomic mass is 16.4. The molecule has 1 aromatic rings. The molecule has 0 aliphatic carbocycles. The maximum atomic E-state index is 13.0. The third kappa shape index (κ3) is 9.12. The van der Waals surface area contributed by atoms with Crippen LogP contribution >= 0.6 is 0 Å². The quantitative estimate of drug-likeness (QED) is 0.163. The van der Waals surface area contributed by atoms with Crippen LogP contribution in [0.25, 0.3) is 0 Å². The molecule has 0 bridgehead atoms. The van der Waals surface area contributed by atoms with E-state index in [4.69, 9.17) is 16.6 Å². The van der Waals surface area contributed by atoms with Gasteiger partial charge < -0.3 is 37.5 Å². The molecule has 4 unspecified atom stereocenters. The van der Waals surface area contributed by atoms with E-state index in [9.17, 15) is 24.0 Å². The van der Waals surface area contributed by atoms with E-state index < -0.39 is 54.3 Å². The number of imidazole rings is 1. The molecule has 0 fully saturated rings. The van der Waals surface area contributed by atoms with E-state index in [-0.39, 0.29) is 25.2 Å². The van der Waals surface area contributed by atoms with Crippen LogP contribution in [0.5, 0.6) is 0 Å². The third-order valence-corrected chi connectivity index (χ3v) is 4.86. The average Bonchev–Trinajstić information content (AvgIpc) is 3.25. The number of hydrogen-bond acceptors (Lipinski definition) is 7.